The van der Waals surface area contributed by atoms with E-state index >= 15 is 0 Å². The zero-order valence-corrected chi connectivity index (χ0v) is 18.0. The lowest BCUT2D eigenvalue weighted by Crippen LogP contribution is -2.38. The van der Waals surface area contributed by atoms with Gasteiger partial charge in [-0.25, -0.2) is 0 Å². The summed E-state index contributed by atoms with van der Waals surface area (Å²) in [6, 6.07) is 18.2. The zero-order chi connectivity index (χ0) is 23.8. The Morgan fingerprint density at radius 3 is 1.78 bits per heavy atom. The van der Waals surface area contributed by atoms with Gasteiger partial charge in [-0.05, 0) is 43.2 Å². The summed E-state index contributed by atoms with van der Waals surface area (Å²) in [6.07, 6.45) is 3.26. The minimum Gasteiger partial charge on any atom is -0.481 e. The van der Waals surface area contributed by atoms with Gasteiger partial charge in [-0.2, -0.15) is 0 Å². The van der Waals surface area contributed by atoms with Crippen LogP contribution in [-0.4, -0.2) is 51.9 Å². The Hall–Kier alpha value is -3.23. The van der Waals surface area contributed by atoms with Gasteiger partial charge < -0.3 is 26.4 Å². The molecular weight excluding hydrogens is 412 g/mol. The van der Waals surface area contributed by atoms with Crippen LogP contribution >= 0.6 is 0 Å². The average Bonchev–Trinajstić information content (AvgIpc) is 2.77. The van der Waals surface area contributed by atoms with Crippen LogP contribution in [0.4, 0.5) is 0 Å². The SMILES string of the molecule is N[C@@H](CCCc1ccccc1)C(=O)O.O=C(O)CCN[C@H](CCc1ccccc1)C(=O)O. The number of nitrogens with one attached hydrogen (secondary N) is 1. The van der Waals surface area contributed by atoms with Crippen LogP contribution in [-0.2, 0) is 27.2 Å². The molecule has 0 bridgehead atoms. The molecule has 0 aliphatic heterocycles. The van der Waals surface area contributed by atoms with Gasteiger partial charge in [-0.3, -0.25) is 14.4 Å². The third-order valence-corrected chi connectivity index (χ3v) is 4.73. The van der Waals surface area contributed by atoms with Gasteiger partial charge in [0.25, 0.3) is 0 Å². The van der Waals surface area contributed by atoms with E-state index in [0.29, 0.717) is 19.3 Å². The predicted octanol–water partition coefficient (Wildman–Crippen LogP) is 2.56. The van der Waals surface area contributed by atoms with Crippen molar-refractivity contribution >= 4 is 17.9 Å². The molecular formula is C24H32N2O6. The Bertz CT molecular complexity index is 814. The normalized spacial score (nSPS) is 12.2. The standard InChI is InChI=1S/C13H17NO4.C11H15NO2/c15-12(16)8-9-14-11(13(17)18)7-6-10-4-2-1-3-5-10;12-10(11(13)14)8-4-7-9-5-2-1-3-6-9/h1-5,11,14H,6-9H2,(H,15,16)(H,17,18);1-3,5-6,10H,4,7-8,12H2,(H,13,14)/t11-;10-/m10/s1. The molecule has 0 saturated carbocycles. The van der Waals surface area contributed by atoms with Crippen LogP contribution in [0.15, 0.2) is 60.7 Å². The largest absolute Gasteiger partial charge is 0.481 e. The molecule has 0 aromatic heterocycles. The summed E-state index contributed by atoms with van der Waals surface area (Å²) in [5.74, 6) is -2.80. The summed E-state index contributed by atoms with van der Waals surface area (Å²) in [5, 5.41) is 28.8. The van der Waals surface area contributed by atoms with Crippen molar-refractivity contribution in [3.8, 4) is 0 Å². The molecule has 6 N–H and O–H groups in total. The van der Waals surface area contributed by atoms with Gasteiger partial charge in [-0.15, -0.1) is 0 Å². The summed E-state index contributed by atoms with van der Waals surface area (Å²) in [4.78, 5) is 31.7. The maximum Gasteiger partial charge on any atom is 0.320 e. The maximum absolute atomic E-state index is 11.0. The Morgan fingerprint density at radius 1 is 0.781 bits per heavy atom. The number of aliphatic carboxylic acids is 3. The van der Waals surface area contributed by atoms with E-state index in [-0.39, 0.29) is 13.0 Å². The molecule has 0 amide bonds. The fraction of sp³-hybridized carbons (Fsp3) is 0.375. The molecule has 0 radical (unpaired) electrons. The summed E-state index contributed by atoms with van der Waals surface area (Å²) in [7, 11) is 0. The molecule has 0 unspecified atom stereocenters. The van der Waals surface area contributed by atoms with Crippen molar-refractivity contribution in [2.45, 2.75) is 50.6 Å². The fourth-order valence-electron chi connectivity index (χ4n) is 2.92. The molecule has 2 aromatic carbocycles. The Morgan fingerprint density at radius 2 is 1.31 bits per heavy atom. The molecule has 174 valence electrons. The number of benzene rings is 2. The first kappa shape index (κ1) is 26.8. The van der Waals surface area contributed by atoms with E-state index in [4.69, 9.17) is 21.1 Å². The second-order valence-corrected chi connectivity index (χ2v) is 7.34. The summed E-state index contributed by atoms with van der Waals surface area (Å²) in [6.45, 7) is 0.168. The third kappa shape index (κ3) is 12.5. The molecule has 2 aromatic rings. The summed E-state index contributed by atoms with van der Waals surface area (Å²) >= 11 is 0. The lowest BCUT2D eigenvalue weighted by atomic mass is 10.1. The molecule has 2 atom stereocenters. The maximum atomic E-state index is 11.0. The highest BCUT2D eigenvalue weighted by Crippen LogP contribution is 2.06. The minimum atomic E-state index is -0.948. The molecule has 0 aliphatic carbocycles. The highest BCUT2D eigenvalue weighted by molar-refractivity contribution is 5.73. The lowest BCUT2D eigenvalue weighted by Gasteiger charge is -2.13. The Balaban J connectivity index is 0.000000330. The average molecular weight is 445 g/mol. The number of hydrogen-bond donors (Lipinski definition) is 5. The van der Waals surface area contributed by atoms with Gasteiger partial charge in [0.1, 0.15) is 12.1 Å². The van der Waals surface area contributed by atoms with Crippen molar-refractivity contribution in [2.75, 3.05) is 6.54 Å². The van der Waals surface area contributed by atoms with Crippen molar-refractivity contribution in [1.29, 1.82) is 0 Å². The summed E-state index contributed by atoms with van der Waals surface area (Å²) in [5.41, 5.74) is 7.68. The van der Waals surface area contributed by atoms with E-state index in [9.17, 15) is 14.4 Å². The van der Waals surface area contributed by atoms with E-state index in [0.717, 1.165) is 18.4 Å². The highest BCUT2D eigenvalue weighted by atomic mass is 16.4. The quantitative estimate of drug-likeness (QED) is 0.316. The first-order valence-corrected chi connectivity index (χ1v) is 10.5. The highest BCUT2D eigenvalue weighted by Gasteiger charge is 2.16. The van der Waals surface area contributed by atoms with Crippen LogP contribution in [0.25, 0.3) is 0 Å². The second-order valence-electron chi connectivity index (χ2n) is 7.34. The molecule has 2 rings (SSSR count). The van der Waals surface area contributed by atoms with E-state index < -0.39 is 30.0 Å². The van der Waals surface area contributed by atoms with Gasteiger partial charge in [-0.1, -0.05) is 60.7 Å². The molecule has 32 heavy (non-hydrogen) atoms. The smallest absolute Gasteiger partial charge is 0.320 e. The number of aryl methyl sites for hydroxylation is 2. The number of nitrogens with two attached hydrogens (primary N) is 1. The molecule has 0 aliphatic rings. The molecule has 0 saturated heterocycles. The van der Waals surface area contributed by atoms with Crippen molar-refractivity contribution < 1.29 is 29.7 Å². The topological polar surface area (TPSA) is 150 Å². The predicted molar refractivity (Wildman–Crippen MR) is 121 cm³/mol. The first-order chi connectivity index (χ1) is 15.3. The van der Waals surface area contributed by atoms with Crippen molar-refractivity contribution in [2.24, 2.45) is 5.73 Å². The van der Waals surface area contributed by atoms with Crippen LogP contribution in [0.3, 0.4) is 0 Å². The van der Waals surface area contributed by atoms with Crippen LogP contribution in [0, 0.1) is 0 Å². The third-order valence-electron chi connectivity index (χ3n) is 4.73. The van der Waals surface area contributed by atoms with Crippen molar-refractivity contribution in [1.82, 2.24) is 5.32 Å². The molecule has 0 fully saturated rings. The van der Waals surface area contributed by atoms with Gasteiger partial charge in [0.2, 0.25) is 0 Å². The van der Waals surface area contributed by atoms with Crippen LogP contribution in [0.5, 0.6) is 0 Å². The summed E-state index contributed by atoms with van der Waals surface area (Å²) < 4.78 is 0. The molecule has 8 heteroatoms. The number of carbonyl (C=O) groups is 3. The first-order valence-electron chi connectivity index (χ1n) is 10.5. The molecule has 0 spiro atoms. The zero-order valence-electron chi connectivity index (χ0n) is 18.0. The number of hydrogen-bond acceptors (Lipinski definition) is 5. The van der Waals surface area contributed by atoms with E-state index in [2.05, 4.69) is 5.32 Å². The number of rotatable bonds is 13. The Kier molecular flexibility index (Phi) is 13.0. The Labute approximate surface area is 188 Å². The van der Waals surface area contributed by atoms with E-state index in [1.807, 2.05) is 60.7 Å². The van der Waals surface area contributed by atoms with Gasteiger partial charge in [0, 0.05) is 6.54 Å². The van der Waals surface area contributed by atoms with Gasteiger partial charge in [0.05, 0.1) is 6.42 Å². The monoisotopic (exact) mass is 444 g/mol. The van der Waals surface area contributed by atoms with Crippen LogP contribution < -0.4 is 11.1 Å². The van der Waals surface area contributed by atoms with E-state index in [1.165, 1.54) is 5.56 Å². The van der Waals surface area contributed by atoms with Crippen molar-refractivity contribution in [3.63, 3.8) is 0 Å². The van der Waals surface area contributed by atoms with Crippen molar-refractivity contribution in [3.05, 3.63) is 71.8 Å². The van der Waals surface area contributed by atoms with Crippen LogP contribution in [0.2, 0.25) is 0 Å². The minimum absolute atomic E-state index is 0.0743. The number of carboxylic acids is 3. The number of carboxylic acid groups (broad SMARTS) is 3. The lowest BCUT2D eigenvalue weighted by molar-refractivity contribution is -0.141. The van der Waals surface area contributed by atoms with Crippen LogP contribution in [0.1, 0.15) is 36.8 Å². The fourth-order valence-corrected chi connectivity index (χ4v) is 2.92. The molecule has 8 nitrogen and oxygen atoms in total. The van der Waals surface area contributed by atoms with E-state index in [1.54, 1.807) is 0 Å². The van der Waals surface area contributed by atoms with Gasteiger partial charge >= 0.3 is 17.9 Å². The van der Waals surface area contributed by atoms with Gasteiger partial charge in [0.15, 0.2) is 0 Å². The molecule has 0 heterocycles. The second kappa shape index (κ2) is 15.6.